The summed E-state index contributed by atoms with van der Waals surface area (Å²) >= 11 is 0. The molecule has 0 radical (unpaired) electrons. The average Bonchev–Trinajstić information content (AvgIpc) is 3.53. The van der Waals surface area contributed by atoms with Crippen molar-refractivity contribution in [2.75, 3.05) is 30.0 Å². The summed E-state index contributed by atoms with van der Waals surface area (Å²) in [6, 6.07) is 18.0. The summed E-state index contributed by atoms with van der Waals surface area (Å²) in [5.41, 5.74) is 9.53. The molecule has 0 spiro atoms. The molecule has 302 valence electrons. The molecule has 2 amide bonds. The predicted octanol–water partition coefficient (Wildman–Crippen LogP) is 9.50. The summed E-state index contributed by atoms with van der Waals surface area (Å²) in [4.78, 5) is 52.6. The van der Waals surface area contributed by atoms with E-state index in [4.69, 9.17) is 20.2 Å². The highest BCUT2D eigenvalue weighted by molar-refractivity contribution is 6.07. The molecule has 2 heterocycles. The van der Waals surface area contributed by atoms with Gasteiger partial charge in [-0.25, -0.2) is 14.8 Å². The summed E-state index contributed by atoms with van der Waals surface area (Å²) in [6.07, 6.45) is 18.8. The number of amides is 2. The molecular weight excluding hydrogens is 707 g/mol. The first kappa shape index (κ1) is 43.5. The van der Waals surface area contributed by atoms with E-state index in [1.165, 1.54) is 75.5 Å². The van der Waals surface area contributed by atoms with E-state index in [9.17, 15) is 14.4 Å². The number of carbonyl (C=O) groups excluding carboxylic acids is 3. The number of aryl methyl sites for hydroxylation is 1. The van der Waals surface area contributed by atoms with Crippen LogP contribution in [0.1, 0.15) is 132 Å². The first-order chi connectivity index (χ1) is 27.3. The quantitative estimate of drug-likeness (QED) is 0.0290. The number of ether oxygens (including phenoxy) is 2. The van der Waals surface area contributed by atoms with E-state index >= 15 is 0 Å². The second kappa shape index (κ2) is 24.3. The number of carbonyl (C=O) groups is 3. The minimum atomic E-state index is -0.674. The van der Waals surface area contributed by atoms with Crippen LogP contribution in [0, 0.1) is 0 Å². The van der Waals surface area contributed by atoms with E-state index in [1.807, 2.05) is 29.8 Å². The highest BCUT2D eigenvalue weighted by Crippen LogP contribution is 2.22. The number of benzene rings is 2. The van der Waals surface area contributed by atoms with Gasteiger partial charge in [-0.2, -0.15) is 4.99 Å². The van der Waals surface area contributed by atoms with Gasteiger partial charge in [-0.15, -0.1) is 0 Å². The van der Waals surface area contributed by atoms with Crippen LogP contribution < -0.4 is 16.0 Å². The fourth-order valence-corrected chi connectivity index (χ4v) is 6.56. The third kappa shape index (κ3) is 14.4. The van der Waals surface area contributed by atoms with Crippen molar-refractivity contribution in [2.45, 2.75) is 117 Å². The fraction of sp³-hybridized carbons (Fsp3) is 0.500. The van der Waals surface area contributed by atoms with Gasteiger partial charge in [0.05, 0.1) is 37.2 Å². The van der Waals surface area contributed by atoms with E-state index < -0.39 is 6.09 Å². The zero-order valence-electron chi connectivity index (χ0n) is 33.6. The average molecular weight is 768 g/mol. The van der Waals surface area contributed by atoms with Crippen LogP contribution in [0.3, 0.4) is 0 Å². The number of hydrogen-bond donors (Lipinski definition) is 2. The van der Waals surface area contributed by atoms with Crippen LogP contribution >= 0.6 is 0 Å². The summed E-state index contributed by atoms with van der Waals surface area (Å²) in [6.45, 7) is 5.17. The van der Waals surface area contributed by atoms with Crippen molar-refractivity contribution < 1.29 is 23.9 Å². The fourth-order valence-electron chi connectivity index (χ4n) is 6.56. The van der Waals surface area contributed by atoms with Gasteiger partial charge in [0.2, 0.25) is 0 Å². The number of unbranched alkanes of at least 4 members (excludes halogenated alkanes) is 13. The zero-order valence-corrected chi connectivity index (χ0v) is 33.6. The van der Waals surface area contributed by atoms with Crippen molar-refractivity contribution >= 4 is 46.3 Å². The molecule has 0 bridgehead atoms. The highest BCUT2D eigenvalue weighted by Gasteiger charge is 2.21. The molecule has 0 fully saturated rings. The minimum Gasteiger partial charge on any atom is -0.466 e. The maximum Gasteiger partial charge on any atom is 0.435 e. The minimum absolute atomic E-state index is 0.0459. The van der Waals surface area contributed by atoms with Gasteiger partial charge in [-0.1, -0.05) is 96.5 Å². The Morgan fingerprint density at radius 2 is 1.45 bits per heavy atom. The lowest BCUT2D eigenvalue weighted by atomic mass is 10.0. The number of esters is 1. The van der Waals surface area contributed by atoms with Crippen molar-refractivity contribution in [3.8, 4) is 0 Å². The number of aromatic nitrogens is 3. The largest absolute Gasteiger partial charge is 0.466 e. The van der Waals surface area contributed by atoms with Crippen molar-refractivity contribution in [3.63, 3.8) is 0 Å². The van der Waals surface area contributed by atoms with E-state index in [0.717, 1.165) is 36.3 Å². The molecule has 3 N–H and O–H groups in total. The molecule has 0 unspecified atom stereocenters. The lowest BCUT2D eigenvalue weighted by Gasteiger charge is -2.21. The first-order valence-electron chi connectivity index (χ1n) is 20.5. The monoisotopic (exact) mass is 767 g/mol. The molecule has 0 saturated heterocycles. The van der Waals surface area contributed by atoms with Gasteiger partial charge in [0.1, 0.15) is 17.5 Å². The van der Waals surface area contributed by atoms with Gasteiger partial charge >= 0.3 is 12.1 Å². The molecule has 12 heteroatoms. The number of fused-ring (bicyclic) bond motifs is 1. The summed E-state index contributed by atoms with van der Waals surface area (Å²) in [5.74, 6) is 0.643. The van der Waals surface area contributed by atoms with Crippen LogP contribution in [0.25, 0.3) is 11.0 Å². The summed E-state index contributed by atoms with van der Waals surface area (Å²) < 4.78 is 12.3. The molecule has 4 rings (SSSR count). The Labute approximate surface area is 332 Å². The number of pyridine rings is 1. The number of amidine groups is 1. The van der Waals surface area contributed by atoms with Crippen molar-refractivity contribution in [1.29, 1.82) is 0 Å². The topological polar surface area (TPSA) is 154 Å². The number of rotatable bonds is 25. The molecular formula is C44H61N7O5. The second-order valence-electron chi connectivity index (χ2n) is 14.1. The Morgan fingerprint density at radius 1 is 0.804 bits per heavy atom. The van der Waals surface area contributed by atoms with Gasteiger partial charge in [0.25, 0.3) is 5.91 Å². The number of nitrogens with zero attached hydrogens (tertiary/aromatic N) is 5. The van der Waals surface area contributed by atoms with Crippen LogP contribution in [-0.4, -0.2) is 58.1 Å². The smallest absolute Gasteiger partial charge is 0.435 e. The lowest BCUT2D eigenvalue weighted by Crippen LogP contribution is -2.34. The molecule has 2 aromatic carbocycles. The van der Waals surface area contributed by atoms with Crippen molar-refractivity contribution in [3.05, 3.63) is 83.8 Å². The van der Waals surface area contributed by atoms with Crippen LogP contribution in [-0.2, 0) is 27.9 Å². The molecule has 4 aromatic rings. The maximum atomic E-state index is 13.7. The van der Waals surface area contributed by atoms with Crippen LogP contribution in [0.2, 0.25) is 0 Å². The lowest BCUT2D eigenvalue weighted by molar-refractivity contribution is -0.142. The Balaban J connectivity index is 1.19. The van der Waals surface area contributed by atoms with Crippen LogP contribution in [0.5, 0.6) is 0 Å². The number of hydrogen-bond acceptors (Lipinski definition) is 8. The molecule has 0 aliphatic rings. The Hall–Kier alpha value is -5.26. The van der Waals surface area contributed by atoms with E-state index in [-0.39, 0.29) is 37.3 Å². The summed E-state index contributed by atoms with van der Waals surface area (Å²) in [7, 11) is 1.92. The number of anilines is 2. The molecule has 12 nitrogen and oxygen atoms in total. The van der Waals surface area contributed by atoms with Gasteiger partial charge in [0, 0.05) is 36.6 Å². The molecule has 0 aliphatic carbocycles. The number of imidazole rings is 1. The van der Waals surface area contributed by atoms with Crippen molar-refractivity contribution in [2.24, 2.45) is 17.8 Å². The number of nitrogens with one attached hydrogen (secondary N) is 1. The zero-order chi connectivity index (χ0) is 40.0. The standard InChI is InChI=1S/C44H61N7O5/c1-4-6-7-8-9-10-11-12-13-14-15-16-17-20-31-56-44(54)49-42(45)34-22-25-36(26-23-34)47-33-40-48-37-32-35(24-27-38(37)50(40)3)43(53)51(30-28-41(52)55-5-2)39-21-18-19-29-46-39/h18-19,21-27,29,32,47H,4-17,20,28,30-31,33H2,1-3H3,(H2,45,49,54). The van der Waals surface area contributed by atoms with Crippen molar-refractivity contribution in [1.82, 2.24) is 14.5 Å². The Kier molecular flexibility index (Phi) is 18.9. The van der Waals surface area contributed by atoms with Crippen LogP contribution in [0.4, 0.5) is 16.3 Å². The normalized spacial score (nSPS) is 11.4. The SMILES string of the molecule is CCCCCCCCCCCCCCCCOC(=O)/N=C(\N)c1ccc(NCc2nc3cc(C(=O)N(CCC(=O)OCC)c4ccccn4)ccc3n2C)cc1. The van der Waals surface area contributed by atoms with E-state index in [1.54, 1.807) is 55.6 Å². The van der Waals surface area contributed by atoms with Gasteiger partial charge < -0.3 is 25.1 Å². The summed E-state index contributed by atoms with van der Waals surface area (Å²) in [5, 5.41) is 3.37. The molecule has 0 atom stereocenters. The molecule has 0 aliphatic heterocycles. The van der Waals surface area contributed by atoms with Crippen LogP contribution in [0.15, 0.2) is 71.9 Å². The number of nitrogens with two attached hydrogens (primary N) is 1. The Morgan fingerprint density at radius 3 is 2.07 bits per heavy atom. The highest BCUT2D eigenvalue weighted by atomic mass is 16.5. The maximum absolute atomic E-state index is 13.7. The predicted molar refractivity (Wildman–Crippen MR) is 224 cm³/mol. The Bertz CT molecular complexity index is 1820. The van der Waals surface area contributed by atoms with Gasteiger partial charge in [-0.3, -0.25) is 14.5 Å². The van der Waals surface area contributed by atoms with Gasteiger partial charge in [-0.05, 0) is 67.9 Å². The third-order valence-electron chi connectivity index (χ3n) is 9.80. The molecule has 0 saturated carbocycles. The molecule has 2 aromatic heterocycles. The van der Waals surface area contributed by atoms with Gasteiger partial charge in [0.15, 0.2) is 0 Å². The first-order valence-corrected chi connectivity index (χ1v) is 20.5. The second-order valence-corrected chi connectivity index (χ2v) is 14.1. The molecule has 56 heavy (non-hydrogen) atoms. The van der Waals surface area contributed by atoms with E-state index in [2.05, 4.69) is 22.2 Å². The van der Waals surface area contributed by atoms with E-state index in [0.29, 0.717) is 35.6 Å². The third-order valence-corrected chi connectivity index (χ3v) is 9.80. The number of aliphatic imine (C=N–C) groups is 1.